The van der Waals surface area contributed by atoms with Gasteiger partial charge >= 0.3 is 0 Å². The third kappa shape index (κ3) is 8.66. The van der Waals surface area contributed by atoms with Crippen molar-refractivity contribution < 1.29 is 28.8 Å². The normalized spacial score (nSPS) is 16.1. The first kappa shape index (κ1) is 37.5. The van der Waals surface area contributed by atoms with E-state index in [-0.39, 0.29) is 25.5 Å². The Kier molecular flexibility index (Phi) is 12.5. The molecule has 5 aromatic carbocycles. The number of aliphatic hydroxyl groups excluding tert-OH is 1. The molecule has 54 heavy (non-hydrogen) atoms. The molecule has 0 aromatic heterocycles. The maximum Gasteiger partial charge on any atom is 0.252 e. The van der Waals surface area contributed by atoms with Crippen molar-refractivity contribution in [1.29, 1.82) is 0 Å². The molecule has 0 aliphatic carbocycles. The van der Waals surface area contributed by atoms with Crippen molar-refractivity contribution in [2.45, 2.75) is 37.5 Å². The fraction of sp³-hybridized carbons (Fsp3) is 0.256. The number of benzene rings is 5. The Bertz CT molecular complexity index is 2100. The van der Waals surface area contributed by atoms with Crippen LogP contribution >= 0.6 is 0 Å². The van der Waals surface area contributed by atoms with Crippen LogP contribution in [0.15, 0.2) is 131 Å². The summed E-state index contributed by atoms with van der Waals surface area (Å²) in [5.41, 5.74) is 13.8. The van der Waals surface area contributed by atoms with Crippen molar-refractivity contribution in [1.82, 2.24) is 5.32 Å². The van der Waals surface area contributed by atoms with Crippen LogP contribution in [0.25, 0.3) is 21.6 Å². The second-order valence-electron chi connectivity index (χ2n) is 12.8. The summed E-state index contributed by atoms with van der Waals surface area (Å²) < 4.78 is 23.4. The number of methoxy groups -OCH3 is 2. The largest absolute Gasteiger partial charge is 0.494 e. The first-order valence-electron chi connectivity index (χ1n) is 17.8. The number of ether oxygens (including phenoxy) is 4. The van der Waals surface area contributed by atoms with Gasteiger partial charge in [-0.25, -0.2) is 4.99 Å². The van der Waals surface area contributed by atoms with Crippen molar-refractivity contribution >= 4 is 11.8 Å². The van der Waals surface area contributed by atoms with Crippen LogP contribution < -0.4 is 19.5 Å². The lowest BCUT2D eigenvalue weighted by molar-refractivity contribution is -0.128. The summed E-state index contributed by atoms with van der Waals surface area (Å²) >= 11 is 0. The molecule has 5 aromatic rings. The average molecular weight is 726 g/mol. The molecule has 1 amide bonds. The zero-order valence-corrected chi connectivity index (χ0v) is 30.4. The summed E-state index contributed by atoms with van der Waals surface area (Å²) in [6, 6.07) is 38.7. The molecule has 2 N–H and O–H groups in total. The molecule has 11 nitrogen and oxygen atoms in total. The molecule has 0 spiro atoms. The molecule has 0 unspecified atom stereocenters. The van der Waals surface area contributed by atoms with Crippen LogP contribution in [0.3, 0.4) is 0 Å². The number of amides is 1. The standard InChI is InChI=1S/C43H43N5O6/c1-51-38-22-13-30(27-39(38)52-2)23-24-45-42(50)43(28-35-11-6-7-12-36(35)29-46-48-44)40(33-16-14-32(15-17-33)31-9-4-3-5-10-31)54-41(47-43)34-18-20-37(21-19-34)53-26-8-25-49/h3-7,9-22,27,40,49H,8,23-26,28-29H2,1-2H3,(H,45,50)/t40-,43-/m1/s1. The summed E-state index contributed by atoms with van der Waals surface area (Å²) in [6.45, 7) is 0.868. The Morgan fingerprint density at radius 1 is 0.870 bits per heavy atom. The lowest BCUT2D eigenvalue weighted by Gasteiger charge is -2.31. The maximum absolute atomic E-state index is 14.9. The number of carbonyl (C=O) groups is 1. The number of nitrogens with one attached hydrogen (secondary N) is 1. The van der Waals surface area contributed by atoms with E-state index in [4.69, 9.17) is 34.6 Å². The molecule has 0 radical (unpaired) electrons. The van der Waals surface area contributed by atoms with Gasteiger partial charge in [0.05, 0.1) is 27.4 Å². The quantitative estimate of drug-likeness (QED) is 0.0433. The first-order valence-corrected chi connectivity index (χ1v) is 17.8. The highest BCUT2D eigenvalue weighted by Crippen LogP contribution is 2.43. The summed E-state index contributed by atoms with van der Waals surface area (Å²) in [5, 5.41) is 16.2. The Balaban J connectivity index is 1.40. The van der Waals surface area contributed by atoms with E-state index in [0.29, 0.717) is 54.7 Å². The molecule has 1 heterocycles. The lowest BCUT2D eigenvalue weighted by Crippen LogP contribution is -2.50. The van der Waals surface area contributed by atoms with E-state index in [1.165, 1.54) is 0 Å². The summed E-state index contributed by atoms with van der Waals surface area (Å²) in [6.07, 6.45) is 0.406. The molecule has 0 fully saturated rings. The molecule has 11 heteroatoms. The third-order valence-corrected chi connectivity index (χ3v) is 9.38. The Labute approximate surface area is 314 Å². The van der Waals surface area contributed by atoms with Gasteiger partial charge < -0.3 is 29.4 Å². The first-order chi connectivity index (χ1) is 26.5. The van der Waals surface area contributed by atoms with Gasteiger partial charge in [-0.3, -0.25) is 4.79 Å². The zero-order chi connectivity index (χ0) is 37.8. The Morgan fingerprint density at radius 2 is 1.56 bits per heavy atom. The predicted octanol–water partition coefficient (Wildman–Crippen LogP) is 7.80. The minimum atomic E-state index is -1.45. The van der Waals surface area contributed by atoms with Crippen LogP contribution in [0.2, 0.25) is 0 Å². The van der Waals surface area contributed by atoms with E-state index in [2.05, 4.69) is 27.5 Å². The van der Waals surface area contributed by atoms with E-state index in [1.54, 1.807) is 14.2 Å². The minimum Gasteiger partial charge on any atom is -0.494 e. The van der Waals surface area contributed by atoms with Gasteiger partial charge in [0.1, 0.15) is 5.75 Å². The van der Waals surface area contributed by atoms with Crippen molar-refractivity contribution in [3.63, 3.8) is 0 Å². The van der Waals surface area contributed by atoms with Gasteiger partial charge in [0.15, 0.2) is 23.1 Å². The number of carbonyl (C=O) groups excluding carboxylic acids is 1. The van der Waals surface area contributed by atoms with Crippen molar-refractivity contribution in [2.75, 3.05) is 34.0 Å². The predicted molar refractivity (Wildman–Crippen MR) is 208 cm³/mol. The molecule has 276 valence electrons. The molecule has 1 aliphatic rings. The smallest absolute Gasteiger partial charge is 0.252 e. The molecule has 0 saturated carbocycles. The molecule has 2 atom stereocenters. The Hall–Kier alpha value is -6.29. The monoisotopic (exact) mass is 725 g/mol. The number of hydrogen-bond acceptors (Lipinski definition) is 8. The van der Waals surface area contributed by atoms with E-state index >= 15 is 0 Å². The van der Waals surface area contributed by atoms with Crippen LogP contribution in [0.4, 0.5) is 0 Å². The Morgan fingerprint density at radius 3 is 2.26 bits per heavy atom. The van der Waals surface area contributed by atoms with Crippen LogP contribution in [0.5, 0.6) is 17.2 Å². The zero-order valence-electron chi connectivity index (χ0n) is 30.4. The van der Waals surface area contributed by atoms with Crippen molar-refractivity contribution in [2.24, 2.45) is 10.1 Å². The van der Waals surface area contributed by atoms with E-state index in [0.717, 1.165) is 33.4 Å². The van der Waals surface area contributed by atoms with E-state index in [9.17, 15) is 4.79 Å². The number of aliphatic hydroxyl groups is 1. The van der Waals surface area contributed by atoms with Gasteiger partial charge in [0, 0.05) is 36.5 Å². The minimum absolute atomic E-state index is 0.0425. The molecule has 0 saturated heterocycles. The molecular weight excluding hydrogens is 683 g/mol. The average Bonchev–Trinajstić information content (AvgIpc) is 3.61. The molecule has 1 aliphatic heterocycles. The number of nitrogens with zero attached hydrogens (tertiary/aromatic N) is 4. The van der Waals surface area contributed by atoms with Crippen molar-refractivity contribution in [3.8, 4) is 28.4 Å². The second kappa shape index (κ2) is 18.0. The fourth-order valence-corrected chi connectivity index (χ4v) is 6.56. The summed E-state index contributed by atoms with van der Waals surface area (Å²) in [7, 11) is 3.18. The van der Waals surface area contributed by atoms with Crippen LogP contribution in [-0.4, -0.2) is 56.4 Å². The fourth-order valence-electron chi connectivity index (χ4n) is 6.56. The van der Waals surface area contributed by atoms with E-state index < -0.39 is 11.6 Å². The van der Waals surface area contributed by atoms with Gasteiger partial charge in [-0.2, -0.15) is 0 Å². The number of rotatable bonds is 17. The van der Waals surface area contributed by atoms with Gasteiger partial charge in [-0.1, -0.05) is 90.0 Å². The highest BCUT2D eigenvalue weighted by Gasteiger charge is 2.53. The second-order valence-corrected chi connectivity index (χ2v) is 12.8. The number of azide groups is 1. The van der Waals surface area contributed by atoms with Gasteiger partial charge in [-0.05, 0) is 81.7 Å². The van der Waals surface area contributed by atoms with Crippen LogP contribution in [-0.2, 0) is 28.9 Å². The maximum atomic E-state index is 14.9. The van der Waals surface area contributed by atoms with Crippen LogP contribution in [0, 0.1) is 0 Å². The summed E-state index contributed by atoms with van der Waals surface area (Å²) in [4.78, 5) is 23.1. The van der Waals surface area contributed by atoms with E-state index in [1.807, 2.05) is 109 Å². The van der Waals surface area contributed by atoms with Crippen LogP contribution in [0.1, 0.15) is 40.3 Å². The lowest BCUT2D eigenvalue weighted by atomic mass is 9.80. The number of hydrogen-bond donors (Lipinski definition) is 2. The number of aliphatic imine (C=N–C) groups is 1. The van der Waals surface area contributed by atoms with Gasteiger partial charge in [0.2, 0.25) is 5.90 Å². The topological polar surface area (TPSA) is 147 Å². The third-order valence-electron chi connectivity index (χ3n) is 9.38. The highest BCUT2D eigenvalue weighted by molar-refractivity contribution is 6.01. The molecule has 6 rings (SSSR count). The molecular formula is C43H43N5O6. The highest BCUT2D eigenvalue weighted by atomic mass is 16.5. The molecule has 0 bridgehead atoms. The van der Waals surface area contributed by atoms with Gasteiger partial charge in [-0.15, -0.1) is 0 Å². The summed E-state index contributed by atoms with van der Waals surface area (Å²) in [5.74, 6) is 1.88. The van der Waals surface area contributed by atoms with Crippen molar-refractivity contribution in [3.05, 3.63) is 160 Å². The van der Waals surface area contributed by atoms with Gasteiger partial charge in [0.25, 0.3) is 5.91 Å². The SMILES string of the molecule is COc1ccc(CCNC(=O)[C@]2(Cc3ccccc3CN=[N+]=[N-])N=C(c3ccc(OCCCO)cc3)O[C@@H]2c2ccc(-c3ccccc3)cc2)cc1OC.